The number of methoxy groups -OCH3 is 1. The molecule has 1 aliphatic rings. The maximum Gasteiger partial charge on any atom is 0.274 e. The monoisotopic (exact) mass is 377 g/mol. The third kappa shape index (κ3) is 4.33. The van der Waals surface area contributed by atoms with Crippen molar-refractivity contribution < 1.29 is 9.53 Å². The summed E-state index contributed by atoms with van der Waals surface area (Å²) in [5.41, 5.74) is 0.204. The van der Waals surface area contributed by atoms with E-state index in [-0.39, 0.29) is 29.6 Å². The number of rotatable bonds is 5. The van der Waals surface area contributed by atoms with E-state index >= 15 is 0 Å². The summed E-state index contributed by atoms with van der Waals surface area (Å²) in [4.78, 5) is 25.4. The number of amides is 1. The number of nitrogens with one attached hydrogen (secondary N) is 2. The van der Waals surface area contributed by atoms with Crippen LogP contribution in [0.3, 0.4) is 0 Å². The van der Waals surface area contributed by atoms with Gasteiger partial charge in [-0.15, -0.1) is 12.4 Å². The summed E-state index contributed by atoms with van der Waals surface area (Å²) >= 11 is 0. The molecule has 0 atom stereocenters. The number of nitrogens with zero attached hydrogens (tertiary/aromatic N) is 1. The van der Waals surface area contributed by atoms with E-state index in [0.29, 0.717) is 32.5 Å². The third-order valence-corrected chi connectivity index (χ3v) is 4.68. The molecule has 0 spiro atoms. The number of hydrogen-bond acceptors (Lipinski definition) is 4. The fourth-order valence-electron chi connectivity index (χ4n) is 3.13. The van der Waals surface area contributed by atoms with Gasteiger partial charge in [0.1, 0.15) is 11.3 Å². The number of ether oxygens (including phenoxy) is 1. The summed E-state index contributed by atoms with van der Waals surface area (Å²) in [6.45, 7) is 1.89. The first-order valence-electron chi connectivity index (χ1n) is 8.45. The van der Waals surface area contributed by atoms with E-state index in [4.69, 9.17) is 4.74 Å². The van der Waals surface area contributed by atoms with Crippen LogP contribution in [0.4, 0.5) is 5.69 Å². The Kier molecular flexibility index (Phi) is 6.97. The smallest absolute Gasteiger partial charge is 0.274 e. The highest BCUT2D eigenvalue weighted by molar-refractivity contribution is 5.97. The van der Waals surface area contributed by atoms with Crippen LogP contribution in [-0.2, 0) is 16.1 Å². The Hall–Kier alpha value is -2.15. The van der Waals surface area contributed by atoms with Crippen molar-refractivity contribution in [2.75, 3.05) is 25.5 Å². The van der Waals surface area contributed by atoms with Gasteiger partial charge in [0.05, 0.1) is 6.54 Å². The average molecular weight is 378 g/mol. The van der Waals surface area contributed by atoms with E-state index in [1.807, 2.05) is 30.3 Å². The van der Waals surface area contributed by atoms with Crippen molar-refractivity contribution in [2.45, 2.75) is 25.0 Å². The fraction of sp³-hybridized carbons (Fsp3) is 0.368. The molecule has 0 radical (unpaired) electrons. The highest BCUT2D eigenvalue weighted by Crippen LogP contribution is 2.24. The number of pyridine rings is 1. The molecule has 1 aliphatic heterocycles. The lowest BCUT2D eigenvalue weighted by atomic mass is 9.91. The van der Waals surface area contributed by atoms with Crippen molar-refractivity contribution >= 4 is 24.0 Å². The van der Waals surface area contributed by atoms with Crippen LogP contribution in [0.5, 0.6) is 0 Å². The molecule has 2 N–H and O–H groups in total. The standard InChI is InChI=1S/C19H23N3O3.ClH/c1-25-19(9-11-20-12-10-19)18(24)21-16-8-5-13-22(17(16)23)14-15-6-3-2-4-7-15;/h2-8,13,20H,9-12,14H2,1H3,(H,21,24);1H. The second-order valence-electron chi connectivity index (χ2n) is 6.24. The molecule has 0 saturated carbocycles. The average Bonchev–Trinajstić information content (AvgIpc) is 2.66. The van der Waals surface area contributed by atoms with Crippen molar-refractivity contribution in [1.29, 1.82) is 0 Å². The maximum atomic E-state index is 12.7. The summed E-state index contributed by atoms with van der Waals surface area (Å²) in [6, 6.07) is 13.1. The van der Waals surface area contributed by atoms with Crippen molar-refractivity contribution in [3.8, 4) is 0 Å². The number of piperidine rings is 1. The quantitative estimate of drug-likeness (QED) is 0.836. The van der Waals surface area contributed by atoms with Crippen LogP contribution in [0, 0.1) is 0 Å². The highest BCUT2D eigenvalue weighted by atomic mass is 35.5. The molecule has 6 nitrogen and oxygen atoms in total. The molecule has 2 aromatic rings. The number of halogens is 1. The Bertz CT molecular complexity index is 786. The van der Waals surface area contributed by atoms with Crippen molar-refractivity contribution in [3.05, 3.63) is 64.6 Å². The zero-order valence-corrected chi connectivity index (χ0v) is 15.6. The molecule has 1 fully saturated rings. The van der Waals surface area contributed by atoms with Crippen molar-refractivity contribution in [3.63, 3.8) is 0 Å². The van der Waals surface area contributed by atoms with Crippen LogP contribution in [0.15, 0.2) is 53.5 Å². The summed E-state index contributed by atoms with van der Waals surface area (Å²) < 4.78 is 7.11. The van der Waals surface area contributed by atoms with E-state index in [0.717, 1.165) is 5.56 Å². The van der Waals surface area contributed by atoms with Gasteiger partial charge in [-0.05, 0) is 43.6 Å². The van der Waals surface area contributed by atoms with Crippen LogP contribution in [0.1, 0.15) is 18.4 Å². The lowest BCUT2D eigenvalue weighted by Crippen LogP contribution is -2.52. The molecular weight excluding hydrogens is 354 g/mol. The topological polar surface area (TPSA) is 72.4 Å². The summed E-state index contributed by atoms with van der Waals surface area (Å²) in [5, 5.41) is 5.99. The predicted octanol–water partition coefficient (Wildman–Crippen LogP) is 2.03. The second kappa shape index (κ2) is 8.98. The highest BCUT2D eigenvalue weighted by Gasteiger charge is 2.39. The van der Waals surface area contributed by atoms with Gasteiger partial charge in [-0.2, -0.15) is 0 Å². The number of carbonyl (C=O) groups excluding carboxylic acids is 1. The minimum absolute atomic E-state index is 0. The van der Waals surface area contributed by atoms with E-state index in [2.05, 4.69) is 10.6 Å². The molecule has 7 heteroatoms. The summed E-state index contributed by atoms with van der Waals surface area (Å²) in [5.74, 6) is -0.258. The molecule has 26 heavy (non-hydrogen) atoms. The molecule has 0 unspecified atom stereocenters. The lowest BCUT2D eigenvalue weighted by molar-refractivity contribution is -0.140. The molecule has 1 aromatic heterocycles. The number of benzene rings is 1. The second-order valence-corrected chi connectivity index (χ2v) is 6.24. The van der Waals surface area contributed by atoms with Gasteiger partial charge < -0.3 is 19.9 Å². The molecule has 0 aliphatic carbocycles. The third-order valence-electron chi connectivity index (χ3n) is 4.68. The number of aromatic nitrogens is 1. The zero-order valence-electron chi connectivity index (χ0n) is 14.7. The molecule has 2 heterocycles. The molecule has 1 aromatic carbocycles. The van der Waals surface area contributed by atoms with Crippen LogP contribution in [-0.4, -0.2) is 36.3 Å². The lowest BCUT2D eigenvalue weighted by Gasteiger charge is -2.34. The molecule has 140 valence electrons. The normalized spacial score (nSPS) is 15.7. The SMILES string of the molecule is COC1(C(=O)Nc2cccn(Cc3ccccc3)c2=O)CCNCC1.Cl. The molecule has 1 amide bonds. The van der Waals surface area contributed by atoms with Gasteiger partial charge >= 0.3 is 0 Å². The molecule has 1 saturated heterocycles. The Morgan fingerprint density at radius 3 is 2.54 bits per heavy atom. The van der Waals surface area contributed by atoms with Gasteiger partial charge in [-0.25, -0.2) is 0 Å². The van der Waals surface area contributed by atoms with Crippen LogP contribution in [0.2, 0.25) is 0 Å². The van der Waals surface area contributed by atoms with Gasteiger partial charge in [-0.3, -0.25) is 9.59 Å². The van der Waals surface area contributed by atoms with Gasteiger partial charge in [0, 0.05) is 13.3 Å². The van der Waals surface area contributed by atoms with Crippen molar-refractivity contribution in [1.82, 2.24) is 9.88 Å². The summed E-state index contributed by atoms with van der Waals surface area (Å²) in [7, 11) is 1.55. The minimum Gasteiger partial charge on any atom is -0.368 e. The minimum atomic E-state index is -0.877. The van der Waals surface area contributed by atoms with Crippen LogP contribution < -0.4 is 16.2 Å². The van der Waals surface area contributed by atoms with Gasteiger partial charge in [0.2, 0.25) is 0 Å². The summed E-state index contributed by atoms with van der Waals surface area (Å²) in [6.07, 6.45) is 2.89. The Balaban J connectivity index is 0.00000243. The molecular formula is C19H24ClN3O3. The van der Waals surface area contributed by atoms with E-state index < -0.39 is 5.60 Å². The molecule has 0 bridgehead atoms. The first kappa shape index (κ1) is 20.2. The largest absolute Gasteiger partial charge is 0.368 e. The fourth-order valence-corrected chi connectivity index (χ4v) is 3.13. The van der Waals surface area contributed by atoms with E-state index in [9.17, 15) is 9.59 Å². The molecule has 3 rings (SSSR count). The van der Waals surface area contributed by atoms with Gasteiger partial charge in [0.15, 0.2) is 0 Å². The first-order valence-corrected chi connectivity index (χ1v) is 8.45. The predicted molar refractivity (Wildman–Crippen MR) is 104 cm³/mol. The maximum absolute atomic E-state index is 12.7. The van der Waals surface area contributed by atoms with Crippen LogP contribution in [0.25, 0.3) is 0 Å². The number of carbonyl (C=O) groups is 1. The Morgan fingerprint density at radius 2 is 1.88 bits per heavy atom. The van der Waals surface area contributed by atoms with Crippen molar-refractivity contribution in [2.24, 2.45) is 0 Å². The number of hydrogen-bond donors (Lipinski definition) is 2. The Labute approximate surface area is 159 Å². The van der Waals surface area contributed by atoms with E-state index in [1.165, 1.54) is 0 Å². The van der Waals surface area contributed by atoms with Gasteiger partial charge in [0.25, 0.3) is 11.5 Å². The van der Waals surface area contributed by atoms with Crippen LogP contribution >= 0.6 is 12.4 Å². The number of anilines is 1. The Morgan fingerprint density at radius 1 is 1.19 bits per heavy atom. The van der Waals surface area contributed by atoms with E-state index in [1.54, 1.807) is 30.0 Å². The zero-order chi connectivity index (χ0) is 17.7. The first-order chi connectivity index (χ1) is 12.1. The van der Waals surface area contributed by atoms with Gasteiger partial charge in [-0.1, -0.05) is 30.3 Å².